The number of benzene rings is 2. The van der Waals surface area contributed by atoms with Gasteiger partial charge in [-0.2, -0.15) is 0 Å². The maximum atomic E-state index is 12.0. The topological polar surface area (TPSA) is 38.3 Å². The molecule has 22 heavy (non-hydrogen) atoms. The van der Waals surface area contributed by atoms with Gasteiger partial charge in [-0.15, -0.1) is 0 Å². The van der Waals surface area contributed by atoms with Gasteiger partial charge in [-0.1, -0.05) is 41.5 Å². The van der Waals surface area contributed by atoms with Crippen LogP contribution >= 0.6 is 0 Å². The molecule has 0 aromatic heterocycles. The molecule has 0 aliphatic carbocycles. The van der Waals surface area contributed by atoms with Crippen LogP contribution in [0.15, 0.2) is 42.5 Å². The first-order chi connectivity index (χ1) is 10.5. The van der Waals surface area contributed by atoms with Gasteiger partial charge in [-0.25, -0.2) is 0 Å². The first-order valence-corrected chi connectivity index (χ1v) is 7.51. The van der Waals surface area contributed by atoms with Gasteiger partial charge in [-0.05, 0) is 51.0 Å². The summed E-state index contributed by atoms with van der Waals surface area (Å²) in [6.07, 6.45) is 0. The molecule has 0 fully saturated rings. The number of rotatable bonds is 5. The van der Waals surface area contributed by atoms with Crippen molar-refractivity contribution in [1.82, 2.24) is 5.32 Å². The summed E-state index contributed by atoms with van der Waals surface area (Å²) in [5.74, 6) is 0.591. The Morgan fingerprint density at radius 3 is 2.32 bits per heavy atom. The van der Waals surface area contributed by atoms with Crippen molar-refractivity contribution in [2.24, 2.45) is 0 Å². The van der Waals surface area contributed by atoms with E-state index < -0.39 is 0 Å². The normalized spacial score (nSPS) is 11.8. The van der Waals surface area contributed by atoms with Crippen molar-refractivity contribution in [3.05, 3.63) is 64.7 Å². The highest BCUT2D eigenvalue weighted by molar-refractivity contribution is 5.78. The molecule has 1 N–H and O–H groups in total. The molecular weight excluding hydrogens is 274 g/mol. The SMILES string of the molecule is Cc1ccc(OCC(=O)N[C@H](C)c2ccc(C)cc2C)cc1. The minimum absolute atomic E-state index is 0.0261. The van der Waals surface area contributed by atoms with Crippen LogP contribution in [-0.2, 0) is 4.79 Å². The summed E-state index contributed by atoms with van der Waals surface area (Å²) in [5, 5.41) is 2.97. The van der Waals surface area contributed by atoms with Crippen LogP contribution in [0, 0.1) is 20.8 Å². The third-order valence-corrected chi connectivity index (χ3v) is 3.66. The minimum Gasteiger partial charge on any atom is -0.484 e. The van der Waals surface area contributed by atoms with Gasteiger partial charge in [-0.3, -0.25) is 4.79 Å². The number of carbonyl (C=O) groups is 1. The number of amides is 1. The minimum atomic E-state index is -0.118. The number of ether oxygens (including phenoxy) is 1. The van der Waals surface area contributed by atoms with Crippen LogP contribution in [0.25, 0.3) is 0 Å². The van der Waals surface area contributed by atoms with Gasteiger partial charge in [0.2, 0.25) is 0 Å². The Hall–Kier alpha value is -2.29. The molecule has 3 heteroatoms. The maximum Gasteiger partial charge on any atom is 0.258 e. The Kier molecular flexibility index (Phi) is 5.21. The number of aryl methyl sites for hydroxylation is 3. The van der Waals surface area contributed by atoms with Crippen LogP contribution in [0.1, 0.15) is 35.2 Å². The standard InChI is InChI=1S/C19H23NO2/c1-13-5-8-17(9-6-13)22-12-19(21)20-16(4)18-10-7-14(2)11-15(18)3/h5-11,16H,12H2,1-4H3,(H,20,21)/t16-/m1/s1. The monoisotopic (exact) mass is 297 g/mol. The lowest BCUT2D eigenvalue weighted by atomic mass is 10.0. The summed E-state index contributed by atoms with van der Waals surface area (Å²) in [6.45, 7) is 8.16. The highest BCUT2D eigenvalue weighted by Gasteiger charge is 2.12. The van der Waals surface area contributed by atoms with E-state index in [-0.39, 0.29) is 18.6 Å². The average Bonchev–Trinajstić information content (AvgIpc) is 2.46. The molecule has 2 aromatic carbocycles. The Morgan fingerprint density at radius 1 is 1.05 bits per heavy atom. The molecule has 0 aliphatic heterocycles. The van der Waals surface area contributed by atoms with Crippen LogP contribution < -0.4 is 10.1 Å². The van der Waals surface area contributed by atoms with Crippen molar-refractivity contribution < 1.29 is 9.53 Å². The summed E-state index contributed by atoms with van der Waals surface area (Å²) in [5.41, 5.74) is 4.71. The van der Waals surface area contributed by atoms with Crippen LogP contribution in [0.4, 0.5) is 0 Å². The van der Waals surface area contributed by atoms with E-state index in [0.29, 0.717) is 5.75 Å². The third kappa shape index (κ3) is 4.35. The van der Waals surface area contributed by atoms with Gasteiger partial charge < -0.3 is 10.1 Å². The molecule has 0 spiro atoms. The summed E-state index contributed by atoms with van der Waals surface area (Å²) in [7, 11) is 0. The van der Waals surface area contributed by atoms with Gasteiger partial charge in [0.25, 0.3) is 5.91 Å². The molecule has 0 saturated carbocycles. The molecule has 0 bridgehead atoms. The third-order valence-electron chi connectivity index (χ3n) is 3.66. The van der Waals surface area contributed by atoms with Crippen LogP contribution in [0.5, 0.6) is 5.75 Å². The molecule has 0 radical (unpaired) electrons. The van der Waals surface area contributed by atoms with Crippen molar-refractivity contribution in [1.29, 1.82) is 0 Å². The zero-order valence-corrected chi connectivity index (χ0v) is 13.6. The molecule has 116 valence electrons. The van der Waals surface area contributed by atoms with Crippen molar-refractivity contribution in [2.45, 2.75) is 33.7 Å². The van der Waals surface area contributed by atoms with E-state index >= 15 is 0 Å². The van der Waals surface area contributed by atoms with Crippen molar-refractivity contribution in [2.75, 3.05) is 6.61 Å². The number of hydrogen-bond acceptors (Lipinski definition) is 2. The molecule has 0 aliphatic rings. The molecule has 2 rings (SSSR count). The Bertz CT molecular complexity index is 647. The highest BCUT2D eigenvalue weighted by atomic mass is 16.5. The average molecular weight is 297 g/mol. The molecule has 0 heterocycles. The van der Waals surface area contributed by atoms with E-state index in [0.717, 1.165) is 5.56 Å². The smallest absolute Gasteiger partial charge is 0.258 e. The maximum absolute atomic E-state index is 12.0. The van der Waals surface area contributed by atoms with Crippen LogP contribution in [0.3, 0.4) is 0 Å². The van der Waals surface area contributed by atoms with Gasteiger partial charge in [0.1, 0.15) is 5.75 Å². The fourth-order valence-corrected chi connectivity index (χ4v) is 2.46. The van der Waals surface area contributed by atoms with E-state index in [1.54, 1.807) is 0 Å². The first-order valence-electron chi connectivity index (χ1n) is 7.51. The van der Waals surface area contributed by atoms with Crippen molar-refractivity contribution >= 4 is 5.91 Å². The van der Waals surface area contributed by atoms with Crippen molar-refractivity contribution in [3.8, 4) is 5.75 Å². The first kappa shape index (κ1) is 16.1. The molecule has 2 aromatic rings. The molecular formula is C19H23NO2. The molecule has 1 atom stereocenters. The van der Waals surface area contributed by atoms with Crippen molar-refractivity contribution in [3.63, 3.8) is 0 Å². The second-order valence-corrected chi connectivity index (χ2v) is 5.75. The zero-order valence-electron chi connectivity index (χ0n) is 13.6. The summed E-state index contributed by atoms with van der Waals surface area (Å²) in [4.78, 5) is 12.0. The van der Waals surface area contributed by atoms with Gasteiger partial charge >= 0.3 is 0 Å². The predicted molar refractivity (Wildman–Crippen MR) is 89.1 cm³/mol. The van der Waals surface area contributed by atoms with E-state index in [2.05, 4.69) is 37.4 Å². The van der Waals surface area contributed by atoms with E-state index in [1.807, 2.05) is 38.1 Å². The molecule has 1 amide bonds. The molecule has 0 unspecified atom stereocenters. The summed E-state index contributed by atoms with van der Waals surface area (Å²) in [6, 6.07) is 13.9. The summed E-state index contributed by atoms with van der Waals surface area (Å²) < 4.78 is 5.50. The predicted octanol–water partition coefficient (Wildman–Crippen LogP) is 3.87. The van der Waals surface area contributed by atoms with E-state index in [4.69, 9.17) is 4.74 Å². The lowest BCUT2D eigenvalue weighted by molar-refractivity contribution is -0.123. The quantitative estimate of drug-likeness (QED) is 0.910. The Labute approximate surface area is 132 Å². The largest absolute Gasteiger partial charge is 0.484 e. The second-order valence-electron chi connectivity index (χ2n) is 5.75. The fourth-order valence-electron chi connectivity index (χ4n) is 2.46. The molecule has 0 saturated heterocycles. The number of hydrogen-bond donors (Lipinski definition) is 1. The Balaban J connectivity index is 1.89. The lowest BCUT2D eigenvalue weighted by Crippen LogP contribution is -2.31. The van der Waals surface area contributed by atoms with Gasteiger partial charge in [0.15, 0.2) is 6.61 Å². The van der Waals surface area contributed by atoms with Crippen LogP contribution in [0.2, 0.25) is 0 Å². The second kappa shape index (κ2) is 7.12. The molecule has 3 nitrogen and oxygen atoms in total. The lowest BCUT2D eigenvalue weighted by Gasteiger charge is -2.17. The van der Waals surface area contributed by atoms with E-state index in [9.17, 15) is 4.79 Å². The van der Waals surface area contributed by atoms with Gasteiger partial charge in [0, 0.05) is 0 Å². The number of nitrogens with one attached hydrogen (secondary N) is 1. The summed E-state index contributed by atoms with van der Waals surface area (Å²) >= 11 is 0. The zero-order chi connectivity index (χ0) is 16.1. The Morgan fingerprint density at radius 2 is 1.68 bits per heavy atom. The van der Waals surface area contributed by atoms with Gasteiger partial charge in [0.05, 0.1) is 6.04 Å². The van der Waals surface area contributed by atoms with E-state index in [1.165, 1.54) is 16.7 Å². The highest BCUT2D eigenvalue weighted by Crippen LogP contribution is 2.18. The van der Waals surface area contributed by atoms with Crippen LogP contribution in [-0.4, -0.2) is 12.5 Å². The fraction of sp³-hybridized carbons (Fsp3) is 0.316. The number of carbonyl (C=O) groups excluding carboxylic acids is 1.